The zero-order chi connectivity index (χ0) is 24.3. The van der Waals surface area contributed by atoms with Crippen molar-refractivity contribution in [2.45, 2.75) is 25.9 Å². The van der Waals surface area contributed by atoms with E-state index in [0.717, 1.165) is 42.3 Å². The van der Waals surface area contributed by atoms with Gasteiger partial charge in [0.25, 0.3) is 0 Å². The molecule has 7 heteroatoms. The molecule has 0 aliphatic heterocycles. The Labute approximate surface area is 196 Å². The lowest BCUT2D eigenvalue weighted by Gasteiger charge is -2.19. The van der Waals surface area contributed by atoms with Crippen LogP contribution < -0.4 is 10.1 Å². The van der Waals surface area contributed by atoms with Crippen molar-refractivity contribution >= 4 is 24.5 Å². The molecule has 0 aliphatic rings. The molecule has 0 unspecified atom stereocenters. The van der Waals surface area contributed by atoms with Crippen molar-refractivity contribution in [2.75, 3.05) is 20.8 Å². The summed E-state index contributed by atoms with van der Waals surface area (Å²) in [7, 11) is 2.79. The van der Waals surface area contributed by atoms with E-state index in [1.807, 2.05) is 54.6 Å². The number of carbonyl (C=O) groups is 2. The van der Waals surface area contributed by atoms with Crippen LogP contribution in [0.4, 0.5) is 0 Å². The van der Waals surface area contributed by atoms with Crippen LogP contribution >= 0.6 is 0 Å². The van der Waals surface area contributed by atoms with Crippen molar-refractivity contribution in [3.63, 3.8) is 0 Å². The molecule has 0 saturated carbocycles. The number of ether oxygens (including phenoxy) is 1. The number of aliphatic hydroxyl groups excluding tert-OH is 1. The number of allylic oxidation sites excluding steroid dienone is 2. The predicted molar refractivity (Wildman–Crippen MR) is 133 cm³/mol. The Morgan fingerprint density at radius 2 is 1.82 bits per heavy atom. The molecule has 0 atom stereocenters. The molecule has 7 nitrogen and oxygen atoms in total. The zero-order valence-corrected chi connectivity index (χ0v) is 19.3. The van der Waals surface area contributed by atoms with Gasteiger partial charge in [-0.25, -0.2) is 0 Å². The molecule has 0 fully saturated rings. The molecule has 0 aliphatic carbocycles. The fourth-order valence-electron chi connectivity index (χ4n) is 2.82. The summed E-state index contributed by atoms with van der Waals surface area (Å²) in [6, 6.07) is 17.6. The van der Waals surface area contributed by atoms with Gasteiger partial charge in [-0.3, -0.25) is 9.80 Å². The Morgan fingerprint density at radius 1 is 1.12 bits per heavy atom. The molecular weight excluding hydrogens is 418 g/mol. The van der Waals surface area contributed by atoms with Gasteiger partial charge in [0.15, 0.2) is 0 Å². The fourth-order valence-corrected chi connectivity index (χ4v) is 2.82. The summed E-state index contributed by atoms with van der Waals surface area (Å²) < 4.78 is 5.86. The molecule has 2 aromatic carbocycles. The summed E-state index contributed by atoms with van der Waals surface area (Å²) in [5.41, 5.74) is 3.37. The summed E-state index contributed by atoms with van der Waals surface area (Å²) in [4.78, 5) is 22.2. The van der Waals surface area contributed by atoms with E-state index in [9.17, 15) is 9.59 Å². The van der Waals surface area contributed by atoms with Crippen molar-refractivity contribution < 1.29 is 19.4 Å². The molecule has 176 valence electrons. The summed E-state index contributed by atoms with van der Waals surface area (Å²) in [5.74, 6) is 0.751. The topological polar surface area (TPSA) is 91.2 Å². The normalized spacial score (nSPS) is 11.0. The molecule has 0 heterocycles. The molecule has 2 N–H and O–H groups in total. The Hall–Kier alpha value is -3.71. The number of carbonyl (C=O) groups excluding carboxylic acids is 2. The number of nitrogens with one attached hydrogen (secondary N) is 1. The van der Waals surface area contributed by atoms with Crippen molar-refractivity contribution in [3.8, 4) is 5.75 Å². The number of aldehydes is 2. The highest BCUT2D eigenvalue weighted by Crippen LogP contribution is 2.22. The highest BCUT2D eigenvalue weighted by molar-refractivity contribution is 5.87. The fraction of sp³-hybridized carbons (Fsp3) is 0.269. The van der Waals surface area contributed by atoms with Crippen LogP contribution in [0.25, 0.3) is 5.70 Å². The van der Waals surface area contributed by atoms with Crippen LogP contribution in [0.1, 0.15) is 30.4 Å². The molecule has 0 amide bonds. The average molecular weight is 452 g/mol. The predicted octanol–water partition coefficient (Wildman–Crippen LogP) is 3.80. The zero-order valence-electron chi connectivity index (χ0n) is 19.3. The Kier molecular flexibility index (Phi) is 14.0. The van der Waals surface area contributed by atoms with Crippen LogP contribution in [0.3, 0.4) is 0 Å². The molecule has 0 bridgehead atoms. The summed E-state index contributed by atoms with van der Waals surface area (Å²) in [6.45, 7) is 4.61. The van der Waals surface area contributed by atoms with Gasteiger partial charge in [-0.1, -0.05) is 36.4 Å². The highest BCUT2D eigenvalue weighted by Gasteiger charge is 2.10. The maximum Gasteiger partial charge on any atom is 0.148 e. The first kappa shape index (κ1) is 27.3. The number of benzene rings is 2. The Morgan fingerprint density at radius 3 is 2.42 bits per heavy atom. The Balaban J connectivity index is 0.00000265. The number of hydrazone groups is 1. The van der Waals surface area contributed by atoms with E-state index >= 15 is 0 Å². The number of nitrogens with zero attached hydrogens (tertiary/aromatic N) is 2. The van der Waals surface area contributed by atoms with Crippen LogP contribution in [0.5, 0.6) is 5.75 Å². The summed E-state index contributed by atoms with van der Waals surface area (Å²) in [6.07, 6.45) is 6.53. The van der Waals surface area contributed by atoms with E-state index in [1.165, 1.54) is 6.21 Å². The maximum absolute atomic E-state index is 11.8. The molecule has 2 aromatic rings. The third-order valence-electron chi connectivity index (χ3n) is 4.44. The molecule has 0 aromatic heterocycles. The maximum atomic E-state index is 11.8. The smallest absolute Gasteiger partial charge is 0.148 e. The van der Waals surface area contributed by atoms with Crippen molar-refractivity contribution in [1.82, 2.24) is 10.3 Å². The van der Waals surface area contributed by atoms with Gasteiger partial charge in [0.1, 0.15) is 31.6 Å². The SMILES string of the molecule is C=CCC/C(C=O)=C(/NCN(C)/N=C\CC=O)c1ccc(OCc2ccccc2)cc1.CO. The number of rotatable bonds is 14. The van der Waals surface area contributed by atoms with Crippen LogP contribution in [0.2, 0.25) is 0 Å². The molecule has 0 spiro atoms. The second-order valence-corrected chi connectivity index (χ2v) is 6.84. The van der Waals surface area contributed by atoms with Crippen molar-refractivity contribution in [3.05, 3.63) is 84.0 Å². The lowest BCUT2D eigenvalue weighted by molar-refractivity contribution is -0.107. The second kappa shape index (κ2) is 16.9. The minimum atomic E-state index is 0.260. The molecule has 0 saturated heterocycles. The molecule has 33 heavy (non-hydrogen) atoms. The lowest BCUT2D eigenvalue weighted by Crippen LogP contribution is -2.27. The second-order valence-electron chi connectivity index (χ2n) is 6.84. The van der Waals surface area contributed by atoms with E-state index < -0.39 is 0 Å². The highest BCUT2D eigenvalue weighted by atomic mass is 16.5. The summed E-state index contributed by atoms with van der Waals surface area (Å²) in [5, 5.41) is 16.1. The van der Waals surface area contributed by atoms with Crippen molar-refractivity contribution in [2.24, 2.45) is 5.10 Å². The van der Waals surface area contributed by atoms with Gasteiger partial charge in [0.05, 0.1) is 0 Å². The van der Waals surface area contributed by atoms with Gasteiger partial charge in [-0.05, 0) is 48.2 Å². The first-order chi connectivity index (χ1) is 16.2. The summed E-state index contributed by atoms with van der Waals surface area (Å²) >= 11 is 0. The average Bonchev–Trinajstić information content (AvgIpc) is 2.87. The van der Waals surface area contributed by atoms with Gasteiger partial charge < -0.3 is 20.0 Å². The van der Waals surface area contributed by atoms with E-state index in [-0.39, 0.29) is 6.42 Å². The van der Waals surface area contributed by atoms with Gasteiger partial charge >= 0.3 is 0 Å². The van der Waals surface area contributed by atoms with Gasteiger partial charge in [-0.15, -0.1) is 6.58 Å². The van der Waals surface area contributed by atoms with E-state index in [4.69, 9.17) is 9.84 Å². The number of hydrogen-bond acceptors (Lipinski definition) is 7. The van der Waals surface area contributed by atoms with Crippen LogP contribution in [0.15, 0.2) is 77.9 Å². The third kappa shape index (κ3) is 10.4. The van der Waals surface area contributed by atoms with Gasteiger partial charge in [0.2, 0.25) is 0 Å². The largest absolute Gasteiger partial charge is 0.489 e. The molecule has 0 radical (unpaired) electrons. The monoisotopic (exact) mass is 451 g/mol. The van der Waals surface area contributed by atoms with Crippen LogP contribution in [-0.4, -0.2) is 49.7 Å². The van der Waals surface area contributed by atoms with E-state index in [0.29, 0.717) is 31.7 Å². The minimum absolute atomic E-state index is 0.260. The minimum Gasteiger partial charge on any atom is -0.489 e. The standard InChI is InChI=1S/C25H29N3O3.CH4O/c1-3-4-11-23(18-30)25(26-20-28(2)27-16-8-17-29)22-12-14-24(15-13-22)31-19-21-9-6-5-7-10-21;1-2/h3,5-7,9-10,12-18,26H,1,4,8,11,19-20H2,2H3;2H,1H3/b25-23-,27-16-;. The van der Waals surface area contributed by atoms with E-state index in [2.05, 4.69) is 17.0 Å². The lowest BCUT2D eigenvalue weighted by atomic mass is 10.0. The first-order valence-electron chi connectivity index (χ1n) is 10.6. The van der Waals surface area contributed by atoms with Crippen LogP contribution in [0, 0.1) is 0 Å². The molecular formula is C26H33N3O4. The third-order valence-corrected chi connectivity index (χ3v) is 4.44. The van der Waals surface area contributed by atoms with E-state index in [1.54, 1.807) is 18.1 Å². The van der Waals surface area contributed by atoms with Gasteiger partial charge in [-0.2, -0.15) is 5.10 Å². The molecule has 2 rings (SSSR count). The van der Waals surface area contributed by atoms with Crippen molar-refractivity contribution in [1.29, 1.82) is 0 Å². The van der Waals surface area contributed by atoms with Gasteiger partial charge in [0, 0.05) is 38.1 Å². The number of aliphatic hydroxyl groups is 1. The van der Waals surface area contributed by atoms with Crippen LogP contribution in [-0.2, 0) is 16.2 Å². The number of hydrogen-bond donors (Lipinski definition) is 2. The first-order valence-corrected chi connectivity index (χ1v) is 10.6. The quantitative estimate of drug-likeness (QED) is 0.113. The Bertz CT molecular complexity index is 894.